The molecule has 3 aromatic rings. The first-order valence-electron chi connectivity index (χ1n) is 8.94. The summed E-state index contributed by atoms with van der Waals surface area (Å²) < 4.78 is 1.97. The molecular weight excluding hydrogens is 340 g/mol. The number of aliphatic imine (C=N–C) groups is 1. The molecule has 1 aliphatic rings. The third-order valence-electron chi connectivity index (χ3n) is 4.58. The smallest absolute Gasteiger partial charge is 0.225 e. The van der Waals surface area contributed by atoms with Crippen LogP contribution in [0.1, 0.15) is 5.56 Å². The van der Waals surface area contributed by atoms with Gasteiger partial charge in [-0.15, -0.1) is 0 Å². The molecule has 3 heterocycles. The lowest BCUT2D eigenvalue weighted by Crippen LogP contribution is -2.51. The molecule has 2 N–H and O–H groups in total. The first kappa shape index (κ1) is 17.0. The highest BCUT2D eigenvalue weighted by molar-refractivity contribution is 5.78. The molecule has 0 saturated carbocycles. The molecule has 0 unspecified atom stereocenters. The minimum Gasteiger partial charge on any atom is -0.370 e. The zero-order valence-corrected chi connectivity index (χ0v) is 15.0. The van der Waals surface area contributed by atoms with Crippen molar-refractivity contribution in [2.45, 2.75) is 6.54 Å². The van der Waals surface area contributed by atoms with Gasteiger partial charge >= 0.3 is 0 Å². The molecule has 0 spiro atoms. The van der Waals surface area contributed by atoms with Crippen LogP contribution < -0.4 is 10.6 Å². The van der Waals surface area contributed by atoms with Gasteiger partial charge < -0.3 is 20.1 Å². The molecule has 4 rings (SSSR count). The highest BCUT2D eigenvalue weighted by Crippen LogP contribution is 2.12. The van der Waals surface area contributed by atoms with E-state index in [4.69, 9.17) is 5.73 Å². The van der Waals surface area contributed by atoms with Gasteiger partial charge in [0.25, 0.3) is 0 Å². The van der Waals surface area contributed by atoms with Gasteiger partial charge in [0.2, 0.25) is 5.95 Å². The van der Waals surface area contributed by atoms with Crippen LogP contribution in [0.15, 0.2) is 66.4 Å². The number of hydrogen-bond donors (Lipinski definition) is 1. The number of hydrogen-bond acceptors (Lipinski definition) is 5. The Hall–Kier alpha value is -3.42. The molecule has 0 aliphatic carbocycles. The quantitative estimate of drug-likeness (QED) is 0.556. The zero-order chi connectivity index (χ0) is 18.5. The standard InChI is InChI=1S/C19H22N8/c20-18(25-9-11-26(12-10-25)19-22-5-2-6-23-19)24-14-16-3-1-4-17(13-16)27-8-7-21-15-27/h1-8,13,15H,9-12,14H2,(H2,20,24). The zero-order valence-electron chi connectivity index (χ0n) is 15.0. The van der Waals surface area contributed by atoms with Crippen LogP contribution in [-0.4, -0.2) is 56.6 Å². The van der Waals surface area contributed by atoms with E-state index < -0.39 is 0 Å². The van der Waals surface area contributed by atoms with Crippen LogP contribution >= 0.6 is 0 Å². The van der Waals surface area contributed by atoms with Crippen molar-refractivity contribution < 1.29 is 0 Å². The Bertz CT molecular complexity index is 883. The van der Waals surface area contributed by atoms with Crippen molar-refractivity contribution in [1.29, 1.82) is 0 Å². The molecule has 0 atom stereocenters. The molecule has 1 fully saturated rings. The summed E-state index contributed by atoms with van der Waals surface area (Å²) in [4.78, 5) is 21.6. The molecule has 0 amide bonds. The summed E-state index contributed by atoms with van der Waals surface area (Å²) in [5.41, 5.74) is 8.40. The van der Waals surface area contributed by atoms with Crippen molar-refractivity contribution in [1.82, 2.24) is 24.4 Å². The average Bonchev–Trinajstić information content (AvgIpc) is 3.28. The van der Waals surface area contributed by atoms with Gasteiger partial charge in [-0.3, -0.25) is 0 Å². The van der Waals surface area contributed by atoms with Gasteiger partial charge in [-0.05, 0) is 23.8 Å². The summed E-state index contributed by atoms with van der Waals surface area (Å²) in [5.74, 6) is 1.35. The van der Waals surface area contributed by atoms with Gasteiger partial charge in [-0.1, -0.05) is 12.1 Å². The predicted molar refractivity (Wildman–Crippen MR) is 105 cm³/mol. The molecule has 1 saturated heterocycles. The van der Waals surface area contributed by atoms with E-state index in [0.717, 1.165) is 43.4 Å². The summed E-state index contributed by atoms with van der Waals surface area (Å²) >= 11 is 0. The lowest BCUT2D eigenvalue weighted by Gasteiger charge is -2.35. The van der Waals surface area contributed by atoms with Gasteiger partial charge in [0.15, 0.2) is 5.96 Å². The minimum absolute atomic E-state index is 0.552. The Morgan fingerprint density at radius 3 is 2.59 bits per heavy atom. The Kier molecular flexibility index (Phi) is 4.95. The number of rotatable bonds is 4. The van der Waals surface area contributed by atoms with Crippen molar-refractivity contribution >= 4 is 11.9 Å². The highest BCUT2D eigenvalue weighted by atomic mass is 15.3. The molecule has 27 heavy (non-hydrogen) atoms. The van der Waals surface area contributed by atoms with E-state index in [1.54, 1.807) is 24.9 Å². The van der Waals surface area contributed by atoms with Gasteiger partial charge in [0.1, 0.15) is 0 Å². The Labute approximate surface area is 158 Å². The normalized spacial score (nSPS) is 15.2. The molecular formula is C19H22N8. The van der Waals surface area contributed by atoms with Crippen LogP contribution in [0.5, 0.6) is 0 Å². The lowest BCUT2D eigenvalue weighted by molar-refractivity contribution is 0.378. The summed E-state index contributed by atoms with van der Waals surface area (Å²) in [5, 5.41) is 0. The van der Waals surface area contributed by atoms with Gasteiger partial charge in [0, 0.05) is 56.7 Å². The summed E-state index contributed by atoms with van der Waals surface area (Å²) in [6, 6.07) is 10.1. The van der Waals surface area contributed by atoms with E-state index in [2.05, 4.69) is 41.9 Å². The second kappa shape index (κ2) is 7.86. The number of nitrogens with two attached hydrogens (primary N) is 1. The first-order chi connectivity index (χ1) is 13.3. The molecule has 1 aliphatic heterocycles. The van der Waals surface area contributed by atoms with Crippen LogP contribution in [0.3, 0.4) is 0 Å². The first-order valence-corrected chi connectivity index (χ1v) is 8.94. The van der Waals surface area contributed by atoms with Crippen molar-refractivity contribution in [2.24, 2.45) is 10.7 Å². The Morgan fingerprint density at radius 1 is 1.04 bits per heavy atom. The maximum Gasteiger partial charge on any atom is 0.225 e. The molecule has 8 heteroatoms. The Morgan fingerprint density at radius 2 is 1.85 bits per heavy atom. The van der Waals surface area contributed by atoms with Crippen LogP contribution in [0.25, 0.3) is 5.69 Å². The summed E-state index contributed by atoms with van der Waals surface area (Å²) in [7, 11) is 0. The van der Waals surface area contributed by atoms with Gasteiger partial charge in [-0.2, -0.15) is 0 Å². The van der Waals surface area contributed by atoms with Gasteiger partial charge in [-0.25, -0.2) is 19.9 Å². The molecule has 0 bridgehead atoms. The number of benzene rings is 1. The van der Waals surface area contributed by atoms with E-state index in [0.29, 0.717) is 12.5 Å². The Balaban J connectivity index is 1.36. The fourth-order valence-electron chi connectivity index (χ4n) is 3.09. The topological polar surface area (TPSA) is 88.5 Å². The van der Waals surface area contributed by atoms with Crippen LogP contribution in [0, 0.1) is 0 Å². The number of imidazole rings is 1. The fraction of sp³-hybridized carbons (Fsp3) is 0.263. The number of nitrogens with zero attached hydrogens (tertiary/aromatic N) is 7. The molecule has 2 aromatic heterocycles. The molecule has 138 valence electrons. The lowest BCUT2D eigenvalue weighted by atomic mass is 10.2. The SMILES string of the molecule is NC(=NCc1cccc(-n2ccnc2)c1)N1CCN(c2ncccn2)CC1. The maximum atomic E-state index is 6.22. The van der Waals surface area contributed by atoms with Crippen LogP contribution in [0.2, 0.25) is 0 Å². The highest BCUT2D eigenvalue weighted by Gasteiger charge is 2.19. The van der Waals surface area contributed by atoms with Crippen molar-refractivity contribution in [3.8, 4) is 5.69 Å². The maximum absolute atomic E-state index is 6.22. The van der Waals surface area contributed by atoms with E-state index in [9.17, 15) is 0 Å². The molecule has 0 radical (unpaired) electrons. The monoisotopic (exact) mass is 362 g/mol. The second-order valence-corrected chi connectivity index (χ2v) is 6.34. The largest absolute Gasteiger partial charge is 0.370 e. The van der Waals surface area contributed by atoms with E-state index in [1.165, 1.54) is 0 Å². The number of piperazine rings is 1. The fourth-order valence-corrected chi connectivity index (χ4v) is 3.09. The molecule has 8 nitrogen and oxygen atoms in total. The minimum atomic E-state index is 0.552. The van der Waals surface area contributed by atoms with Crippen LogP contribution in [-0.2, 0) is 6.54 Å². The second-order valence-electron chi connectivity index (χ2n) is 6.34. The van der Waals surface area contributed by atoms with Crippen molar-refractivity contribution in [3.63, 3.8) is 0 Å². The van der Waals surface area contributed by atoms with Crippen LogP contribution in [0.4, 0.5) is 5.95 Å². The van der Waals surface area contributed by atoms with E-state index in [-0.39, 0.29) is 0 Å². The summed E-state index contributed by atoms with van der Waals surface area (Å²) in [6.45, 7) is 3.83. The third kappa shape index (κ3) is 4.05. The third-order valence-corrected chi connectivity index (χ3v) is 4.58. The average molecular weight is 362 g/mol. The number of anilines is 1. The van der Waals surface area contributed by atoms with Crippen molar-refractivity contribution in [2.75, 3.05) is 31.1 Å². The number of guanidine groups is 1. The predicted octanol–water partition coefficient (Wildman–Crippen LogP) is 1.30. The van der Waals surface area contributed by atoms with Crippen molar-refractivity contribution in [3.05, 3.63) is 67.0 Å². The molecule has 1 aromatic carbocycles. The number of aromatic nitrogens is 4. The summed E-state index contributed by atoms with van der Waals surface area (Å²) in [6.07, 6.45) is 9.01. The van der Waals surface area contributed by atoms with Gasteiger partial charge in [0.05, 0.1) is 12.9 Å². The van der Waals surface area contributed by atoms with E-state index >= 15 is 0 Å². The van der Waals surface area contributed by atoms with E-state index in [1.807, 2.05) is 29.0 Å².